The Hall–Kier alpha value is -0.870. The zero-order valence-corrected chi connectivity index (χ0v) is 13.2. The lowest BCUT2D eigenvalue weighted by atomic mass is 10.0. The third-order valence-corrected chi connectivity index (χ3v) is 4.73. The Bertz CT molecular complexity index is 461. The first-order valence-corrected chi connectivity index (χ1v) is 7.62. The summed E-state index contributed by atoms with van der Waals surface area (Å²) in [6.07, 6.45) is 3.71. The highest BCUT2D eigenvalue weighted by Crippen LogP contribution is 2.17. The van der Waals surface area contributed by atoms with E-state index in [1.807, 2.05) is 25.1 Å². The number of nitrogens with one attached hydrogen (secondary N) is 1. The number of likely N-dealkylation sites (tertiary alicyclic amines) is 1. The van der Waals surface area contributed by atoms with Crippen LogP contribution in [-0.2, 0) is 0 Å². The van der Waals surface area contributed by atoms with E-state index in [0.29, 0.717) is 6.04 Å². The van der Waals surface area contributed by atoms with Gasteiger partial charge in [-0.2, -0.15) is 0 Å². The summed E-state index contributed by atoms with van der Waals surface area (Å²) >= 11 is 3.45. The molecule has 1 fully saturated rings. The number of hydrogen-bond donors (Lipinski definition) is 1. The topological polar surface area (TPSA) is 32.3 Å². The Kier molecular flexibility index (Phi) is 4.99. The molecule has 0 saturated carbocycles. The van der Waals surface area contributed by atoms with Crippen LogP contribution in [0.2, 0.25) is 0 Å². The molecule has 4 heteroatoms. The molecule has 0 bridgehead atoms. The van der Waals surface area contributed by atoms with Crippen LogP contribution in [0.5, 0.6) is 0 Å². The fourth-order valence-corrected chi connectivity index (χ4v) is 2.75. The van der Waals surface area contributed by atoms with Crippen LogP contribution in [0.15, 0.2) is 22.7 Å². The molecule has 1 saturated heterocycles. The van der Waals surface area contributed by atoms with Gasteiger partial charge in [0.1, 0.15) is 0 Å². The largest absolute Gasteiger partial charge is 0.350 e. The van der Waals surface area contributed by atoms with Crippen LogP contribution in [0.4, 0.5) is 0 Å². The second-order valence-electron chi connectivity index (χ2n) is 5.30. The number of rotatable bonds is 3. The van der Waals surface area contributed by atoms with E-state index < -0.39 is 0 Å². The summed E-state index contributed by atoms with van der Waals surface area (Å²) in [5, 5.41) is 3.05. The molecule has 1 atom stereocenters. The van der Waals surface area contributed by atoms with Gasteiger partial charge < -0.3 is 10.2 Å². The van der Waals surface area contributed by atoms with E-state index in [4.69, 9.17) is 0 Å². The number of aryl methyl sites for hydroxylation is 1. The Labute approximate surface area is 123 Å². The molecule has 1 aromatic rings. The van der Waals surface area contributed by atoms with Crippen LogP contribution >= 0.6 is 15.9 Å². The van der Waals surface area contributed by atoms with Gasteiger partial charge >= 0.3 is 0 Å². The molecule has 1 aromatic carbocycles. The van der Waals surface area contributed by atoms with Gasteiger partial charge in [-0.1, -0.05) is 22.4 Å². The monoisotopic (exact) mass is 324 g/mol. The van der Waals surface area contributed by atoms with Crippen molar-refractivity contribution in [2.75, 3.05) is 20.1 Å². The molecule has 1 aliphatic heterocycles. The number of amides is 1. The van der Waals surface area contributed by atoms with Crippen LogP contribution in [0.25, 0.3) is 0 Å². The fourth-order valence-electron chi connectivity index (χ4n) is 2.50. The summed E-state index contributed by atoms with van der Waals surface area (Å²) in [5.74, 6) is 0.0228. The summed E-state index contributed by atoms with van der Waals surface area (Å²) in [6, 6.07) is 6.19. The van der Waals surface area contributed by atoms with Crippen molar-refractivity contribution >= 4 is 21.8 Å². The van der Waals surface area contributed by atoms with Crippen LogP contribution in [0.3, 0.4) is 0 Å². The molecule has 1 heterocycles. The number of piperidine rings is 1. The second-order valence-corrected chi connectivity index (χ2v) is 6.16. The lowest BCUT2D eigenvalue weighted by molar-refractivity contribution is 0.0928. The maximum atomic E-state index is 12.1. The zero-order valence-electron chi connectivity index (χ0n) is 11.6. The molecule has 104 valence electrons. The number of benzene rings is 1. The van der Waals surface area contributed by atoms with Crippen molar-refractivity contribution in [1.29, 1.82) is 0 Å². The molecule has 2 rings (SSSR count). The zero-order chi connectivity index (χ0) is 13.8. The first kappa shape index (κ1) is 14.5. The number of halogens is 1. The molecule has 0 aliphatic carbocycles. The number of hydrogen-bond acceptors (Lipinski definition) is 2. The van der Waals surface area contributed by atoms with E-state index in [0.717, 1.165) is 28.7 Å². The normalized spacial score (nSPS) is 20.3. The number of likely N-dealkylation sites (N-methyl/N-ethyl adjacent to an activating group) is 1. The van der Waals surface area contributed by atoms with E-state index in [1.54, 1.807) is 0 Å². The maximum Gasteiger partial charge on any atom is 0.251 e. The second kappa shape index (κ2) is 6.53. The molecular weight excluding hydrogens is 304 g/mol. The van der Waals surface area contributed by atoms with Crippen molar-refractivity contribution in [3.8, 4) is 0 Å². The summed E-state index contributed by atoms with van der Waals surface area (Å²) in [5.41, 5.74) is 1.82. The number of carbonyl (C=O) groups excluding carboxylic acids is 1. The van der Waals surface area contributed by atoms with Crippen LogP contribution in [0, 0.1) is 6.92 Å². The molecular formula is C15H21BrN2O. The Morgan fingerprint density at radius 3 is 2.95 bits per heavy atom. The molecule has 1 amide bonds. The molecule has 1 N–H and O–H groups in total. The highest BCUT2D eigenvalue weighted by molar-refractivity contribution is 9.10. The van der Waals surface area contributed by atoms with Gasteiger partial charge in [0.25, 0.3) is 5.91 Å². The molecule has 1 aliphatic rings. The first-order chi connectivity index (χ1) is 9.08. The van der Waals surface area contributed by atoms with E-state index in [2.05, 4.69) is 33.2 Å². The van der Waals surface area contributed by atoms with Crippen molar-refractivity contribution in [2.45, 2.75) is 32.2 Å². The van der Waals surface area contributed by atoms with Crippen molar-refractivity contribution in [2.24, 2.45) is 0 Å². The van der Waals surface area contributed by atoms with E-state index >= 15 is 0 Å². The average Bonchev–Trinajstić information content (AvgIpc) is 2.40. The summed E-state index contributed by atoms with van der Waals surface area (Å²) < 4.78 is 1.04. The predicted molar refractivity (Wildman–Crippen MR) is 81.5 cm³/mol. The molecule has 0 aromatic heterocycles. The van der Waals surface area contributed by atoms with Crippen molar-refractivity contribution in [1.82, 2.24) is 10.2 Å². The SMILES string of the molecule is Cc1cc(C(=O)NCC2CCCCN2C)ccc1Br. The van der Waals surface area contributed by atoms with Gasteiger partial charge in [-0.05, 0) is 57.1 Å². The van der Waals surface area contributed by atoms with E-state index in [1.165, 1.54) is 19.3 Å². The van der Waals surface area contributed by atoms with E-state index in [-0.39, 0.29) is 5.91 Å². The van der Waals surface area contributed by atoms with Gasteiger partial charge in [0.05, 0.1) is 0 Å². The van der Waals surface area contributed by atoms with Crippen molar-refractivity contribution < 1.29 is 4.79 Å². The van der Waals surface area contributed by atoms with Crippen LogP contribution in [0.1, 0.15) is 35.2 Å². The predicted octanol–water partition coefficient (Wildman–Crippen LogP) is 2.97. The van der Waals surface area contributed by atoms with Crippen LogP contribution < -0.4 is 5.32 Å². The summed E-state index contributed by atoms with van der Waals surface area (Å²) in [7, 11) is 2.14. The summed E-state index contributed by atoms with van der Waals surface area (Å²) in [4.78, 5) is 14.5. The van der Waals surface area contributed by atoms with E-state index in [9.17, 15) is 4.79 Å². The van der Waals surface area contributed by atoms with Crippen molar-refractivity contribution in [3.05, 3.63) is 33.8 Å². The molecule has 1 unspecified atom stereocenters. The lowest BCUT2D eigenvalue weighted by Gasteiger charge is -2.32. The molecule has 0 spiro atoms. The number of carbonyl (C=O) groups is 1. The highest BCUT2D eigenvalue weighted by Gasteiger charge is 2.19. The van der Waals surface area contributed by atoms with Crippen molar-refractivity contribution in [3.63, 3.8) is 0 Å². The van der Waals surface area contributed by atoms with Gasteiger partial charge in [0.2, 0.25) is 0 Å². The number of nitrogens with zero attached hydrogens (tertiary/aromatic N) is 1. The minimum Gasteiger partial charge on any atom is -0.350 e. The lowest BCUT2D eigenvalue weighted by Crippen LogP contribution is -2.44. The summed E-state index contributed by atoms with van der Waals surface area (Å²) in [6.45, 7) is 3.87. The first-order valence-electron chi connectivity index (χ1n) is 6.82. The average molecular weight is 325 g/mol. The molecule has 0 radical (unpaired) electrons. The smallest absolute Gasteiger partial charge is 0.251 e. The Morgan fingerprint density at radius 1 is 1.47 bits per heavy atom. The standard InChI is InChI=1S/C15H21BrN2O/c1-11-9-12(6-7-14(11)16)15(19)17-10-13-5-3-4-8-18(13)2/h6-7,9,13H,3-5,8,10H2,1-2H3,(H,17,19). The third kappa shape index (κ3) is 3.80. The fraction of sp³-hybridized carbons (Fsp3) is 0.533. The highest BCUT2D eigenvalue weighted by atomic mass is 79.9. The minimum atomic E-state index is 0.0228. The Balaban J connectivity index is 1.91. The van der Waals surface area contributed by atoms with Gasteiger partial charge in [-0.25, -0.2) is 0 Å². The third-order valence-electron chi connectivity index (χ3n) is 3.84. The van der Waals surface area contributed by atoms with Gasteiger partial charge in [-0.3, -0.25) is 4.79 Å². The van der Waals surface area contributed by atoms with Gasteiger partial charge in [0, 0.05) is 22.6 Å². The van der Waals surface area contributed by atoms with Gasteiger partial charge in [0.15, 0.2) is 0 Å². The minimum absolute atomic E-state index is 0.0228. The molecule has 3 nitrogen and oxygen atoms in total. The Morgan fingerprint density at radius 2 is 2.26 bits per heavy atom. The quantitative estimate of drug-likeness (QED) is 0.927. The molecule has 19 heavy (non-hydrogen) atoms. The van der Waals surface area contributed by atoms with Gasteiger partial charge in [-0.15, -0.1) is 0 Å². The van der Waals surface area contributed by atoms with Crippen LogP contribution in [-0.4, -0.2) is 37.0 Å². The maximum absolute atomic E-state index is 12.1.